The van der Waals surface area contributed by atoms with Crippen LogP contribution in [0.5, 0.6) is 0 Å². The monoisotopic (exact) mass is 338 g/mol. The zero-order chi connectivity index (χ0) is 16.8. The van der Waals surface area contributed by atoms with Crippen LogP contribution in [-0.4, -0.2) is 24.9 Å². The van der Waals surface area contributed by atoms with Crippen LogP contribution in [0.4, 0.5) is 8.78 Å². The predicted molar refractivity (Wildman–Crippen MR) is 82.5 cm³/mol. The van der Waals surface area contributed by atoms with Crippen molar-refractivity contribution in [1.29, 1.82) is 0 Å². The molecular formula is C16H13ClF2N2O2. The largest absolute Gasteiger partial charge is 0.350 e. The molecule has 0 aromatic heterocycles. The summed E-state index contributed by atoms with van der Waals surface area (Å²) in [5.74, 6) is -2.21. The molecule has 2 rings (SSSR count). The third kappa shape index (κ3) is 4.50. The summed E-state index contributed by atoms with van der Waals surface area (Å²) in [5, 5.41) is 5.02. The van der Waals surface area contributed by atoms with Crippen LogP contribution in [-0.2, 0) is 0 Å². The van der Waals surface area contributed by atoms with Gasteiger partial charge in [0.15, 0.2) is 0 Å². The van der Waals surface area contributed by atoms with Crippen molar-refractivity contribution < 1.29 is 18.4 Å². The van der Waals surface area contributed by atoms with E-state index < -0.39 is 23.4 Å². The molecule has 0 atom stereocenters. The lowest BCUT2D eigenvalue weighted by molar-refractivity contribution is 0.0925. The number of hydrogen-bond acceptors (Lipinski definition) is 2. The highest BCUT2D eigenvalue weighted by atomic mass is 35.5. The van der Waals surface area contributed by atoms with Crippen LogP contribution in [0.15, 0.2) is 42.5 Å². The van der Waals surface area contributed by atoms with Crippen LogP contribution in [0.2, 0.25) is 5.02 Å². The van der Waals surface area contributed by atoms with Gasteiger partial charge in [0.1, 0.15) is 11.6 Å². The molecule has 0 unspecified atom stereocenters. The quantitative estimate of drug-likeness (QED) is 0.824. The van der Waals surface area contributed by atoms with E-state index in [0.717, 1.165) is 6.07 Å². The van der Waals surface area contributed by atoms with Crippen LogP contribution in [0, 0.1) is 11.6 Å². The Morgan fingerprint density at radius 2 is 1.52 bits per heavy atom. The SMILES string of the molecule is O=C(NCCNC(=O)c1c(F)cccc1Cl)c1ccc(F)cc1. The van der Waals surface area contributed by atoms with Crippen LogP contribution in [0.3, 0.4) is 0 Å². The molecule has 2 amide bonds. The number of rotatable bonds is 5. The number of halogens is 3. The minimum absolute atomic E-state index is 0.0119. The fraction of sp³-hybridized carbons (Fsp3) is 0.125. The highest BCUT2D eigenvalue weighted by Crippen LogP contribution is 2.18. The van der Waals surface area contributed by atoms with E-state index in [9.17, 15) is 18.4 Å². The van der Waals surface area contributed by atoms with Gasteiger partial charge in [-0.1, -0.05) is 17.7 Å². The summed E-state index contributed by atoms with van der Waals surface area (Å²) in [4.78, 5) is 23.6. The second-order valence-electron chi connectivity index (χ2n) is 4.62. The van der Waals surface area contributed by atoms with Crippen molar-refractivity contribution in [3.05, 3.63) is 70.2 Å². The summed E-state index contributed by atoms with van der Waals surface area (Å²) in [6, 6.07) is 9.00. The van der Waals surface area contributed by atoms with Crippen LogP contribution < -0.4 is 10.6 Å². The summed E-state index contributed by atoms with van der Waals surface area (Å²) >= 11 is 5.78. The first-order valence-corrected chi connectivity index (χ1v) is 7.13. The number of carbonyl (C=O) groups excluding carboxylic acids is 2. The fourth-order valence-electron chi connectivity index (χ4n) is 1.86. The lowest BCUT2D eigenvalue weighted by Crippen LogP contribution is -2.35. The molecule has 2 N–H and O–H groups in total. The van der Waals surface area contributed by atoms with Gasteiger partial charge in [0.25, 0.3) is 11.8 Å². The minimum Gasteiger partial charge on any atom is -0.350 e. The van der Waals surface area contributed by atoms with Crippen molar-refractivity contribution in [2.75, 3.05) is 13.1 Å². The molecule has 0 saturated heterocycles. The van der Waals surface area contributed by atoms with Gasteiger partial charge in [0.05, 0.1) is 10.6 Å². The maximum atomic E-state index is 13.5. The van der Waals surface area contributed by atoms with Crippen molar-refractivity contribution in [3.8, 4) is 0 Å². The number of nitrogens with one attached hydrogen (secondary N) is 2. The molecule has 2 aromatic rings. The molecule has 0 aliphatic rings. The molecule has 23 heavy (non-hydrogen) atoms. The van der Waals surface area contributed by atoms with Gasteiger partial charge in [0.2, 0.25) is 0 Å². The van der Waals surface area contributed by atoms with E-state index in [4.69, 9.17) is 11.6 Å². The molecular weight excluding hydrogens is 326 g/mol. The third-order valence-corrected chi connectivity index (χ3v) is 3.31. The topological polar surface area (TPSA) is 58.2 Å². The highest BCUT2D eigenvalue weighted by molar-refractivity contribution is 6.33. The summed E-state index contributed by atoms with van der Waals surface area (Å²) in [5.41, 5.74) is 0.0638. The molecule has 0 bridgehead atoms. The average molecular weight is 339 g/mol. The van der Waals surface area contributed by atoms with Gasteiger partial charge in [-0.2, -0.15) is 0 Å². The molecule has 0 radical (unpaired) electrons. The zero-order valence-corrected chi connectivity index (χ0v) is 12.7. The van der Waals surface area contributed by atoms with E-state index in [1.165, 1.54) is 36.4 Å². The Balaban J connectivity index is 1.82. The first-order valence-electron chi connectivity index (χ1n) is 6.75. The minimum atomic E-state index is -0.717. The first kappa shape index (κ1) is 16.9. The Kier molecular flexibility index (Phi) is 5.65. The van der Waals surface area contributed by atoms with Crippen molar-refractivity contribution in [1.82, 2.24) is 10.6 Å². The summed E-state index contributed by atoms with van der Waals surface area (Å²) in [7, 11) is 0. The maximum absolute atomic E-state index is 13.5. The lowest BCUT2D eigenvalue weighted by Gasteiger charge is -2.09. The molecule has 0 fully saturated rings. The Labute approximate surface area is 136 Å². The smallest absolute Gasteiger partial charge is 0.255 e. The summed E-state index contributed by atoms with van der Waals surface area (Å²) in [6.07, 6.45) is 0. The van der Waals surface area contributed by atoms with Crippen molar-refractivity contribution >= 4 is 23.4 Å². The van der Waals surface area contributed by atoms with Crippen LogP contribution in [0.25, 0.3) is 0 Å². The fourth-order valence-corrected chi connectivity index (χ4v) is 2.11. The molecule has 7 heteroatoms. The summed E-state index contributed by atoms with van der Waals surface area (Å²) < 4.78 is 26.3. The van der Waals surface area contributed by atoms with Gasteiger partial charge in [-0.3, -0.25) is 9.59 Å². The van der Waals surface area contributed by atoms with Gasteiger partial charge in [-0.15, -0.1) is 0 Å². The molecule has 0 aliphatic carbocycles. The van der Waals surface area contributed by atoms with Crippen molar-refractivity contribution in [2.45, 2.75) is 0 Å². The number of hydrogen-bond donors (Lipinski definition) is 2. The number of carbonyl (C=O) groups is 2. The lowest BCUT2D eigenvalue weighted by atomic mass is 10.2. The maximum Gasteiger partial charge on any atom is 0.255 e. The molecule has 0 heterocycles. The van der Waals surface area contributed by atoms with E-state index in [1.54, 1.807) is 0 Å². The van der Waals surface area contributed by atoms with Gasteiger partial charge in [-0.05, 0) is 36.4 Å². The highest BCUT2D eigenvalue weighted by Gasteiger charge is 2.15. The van der Waals surface area contributed by atoms with Gasteiger partial charge < -0.3 is 10.6 Å². The van der Waals surface area contributed by atoms with Crippen molar-refractivity contribution in [2.24, 2.45) is 0 Å². The third-order valence-electron chi connectivity index (χ3n) is 2.99. The molecule has 120 valence electrons. The zero-order valence-electron chi connectivity index (χ0n) is 11.9. The molecule has 4 nitrogen and oxygen atoms in total. The first-order chi connectivity index (χ1) is 11.0. The predicted octanol–water partition coefficient (Wildman–Crippen LogP) is 2.78. The normalized spacial score (nSPS) is 10.2. The standard InChI is InChI=1S/C16H13ClF2N2O2/c17-12-2-1-3-13(19)14(12)16(23)21-9-8-20-15(22)10-4-6-11(18)7-5-10/h1-7H,8-9H2,(H,20,22)(H,21,23). The van der Waals surface area contributed by atoms with Gasteiger partial charge in [0, 0.05) is 18.7 Å². The van der Waals surface area contributed by atoms with E-state index >= 15 is 0 Å². The van der Waals surface area contributed by atoms with Gasteiger partial charge >= 0.3 is 0 Å². The second kappa shape index (κ2) is 7.69. The Morgan fingerprint density at radius 1 is 0.913 bits per heavy atom. The van der Waals surface area contributed by atoms with E-state index in [1.807, 2.05) is 0 Å². The van der Waals surface area contributed by atoms with Crippen LogP contribution in [0.1, 0.15) is 20.7 Å². The summed E-state index contributed by atoms with van der Waals surface area (Å²) in [6.45, 7) is 0.227. The Morgan fingerprint density at radius 3 is 2.13 bits per heavy atom. The molecule has 0 aliphatic heterocycles. The van der Waals surface area contributed by atoms with E-state index in [-0.39, 0.29) is 23.7 Å². The van der Waals surface area contributed by atoms with Crippen LogP contribution >= 0.6 is 11.6 Å². The van der Waals surface area contributed by atoms with E-state index in [2.05, 4.69) is 10.6 Å². The van der Waals surface area contributed by atoms with Crippen molar-refractivity contribution in [3.63, 3.8) is 0 Å². The van der Waals surface area contributed by atoms with Gasteiger partial charge in [-0.25, -0.2) is 8.78 Å². The molecule has 2 aromatic carbocycles. The molecule has 0 saturated carbocycles. The average Bonchev–Trinajstić information content (AvgIpc) is 2.52. The second-order valence-corrected chi connectivity index (χ2v) is 5.02. The van der Waals surface area contributed by atoms with E-state index in [0.29, 0.717) is 5.56 Å². The molecule has 0 spiro atoms. The number of amides is 2. The Hall–Kier alpha value is -2.47. The Bertz CT molecular complexity index is 700. The number of benzene rings is 2.